The van der Waals surface area contributed by atoms with Crippen molar-refractivity contribution in [3.63, 3.8) is 0 Å². The summed E-state index contributed by atoms with van der Waals surface area (Å²) in [5, 5.41) is 3.42. The van der Waals surface area contributed by atoms with Crippen molar-refractivity contribution in [2.24, 2.45) is 11.3 Å². The van der Waals surface area contributed by atoms with Crippen LogP contribution in [0.4, 0.5) is 0 Å². The molecule has 1 heterocycles. The van der Waals surface area contributed by atoms with E-state index in [9.17, 15) is 0 Å². The van der Waals surface area contributed by atoms with Crippen molar-refractivity contribution >= 4 is 0 Å². The Labute approximate surface area is 70.0 Å². The van der Waals surface area contributed by atoms with E-state index in [1.54, 1.807) is 0 Å². The van der Waals surface area contributed by atoms with Crippen molar-refractivity contribution in [1.82, 2.24) is 10.2 Å². The molecule has 0 aromatic heterocycles. The second kappa shape index (κ2) is 3.11. The first-order chi connectivity index (χ1) is 5.00. The summed E-state index contributed by atoms with van der Waals surface area (Å²) in [5.41, 5.74) is 0.446. The Balaban J connectivity index is 2.46. The smallest absolute Gasteiger partial charge is 0.0477 e. The van der Waals surface area contributed by atoms with Crippen molar-refractivity contribution in [2.45, 2.75) is 20.8 Å². The minimum atomic E-state index is 0.446. The van der Waals surface area contributed by atoms with Crippen LogP contribution in [0.1, 0.15) is 20.8 Å². The monoisotopic (exact) mass is 156 g/mol. The normalized spacial score (nSPS) is 28.9. The number of rotatable bonds is 0. The highest BCUT2D eigenvalue weighted by molar-refractivity contribution is 4.80. The molecule has 1 unspecified atom stereocenters. The van der Waals surface area contributed by atoms with E-state index in [0.717, 1.165) is 12.6 Å². The molecule has 0 aromatic rings. The van der Waals surface area contributed by atoms with Crippen LogP contribution < -0.4 is 5.32 Å². The maximum absolute atomic E-state index is 3.42. The maximum Gasteiger partial charge on any atom is 0.0477 e. The van der Waals surface area contributed by atoms with Crippen molar-refractivity contribution < 1.29 is 0 Å². The van der Waals surface area contributed by atoms with Crippen LogP contribution in [0.3, 0.4) is 0 Å². The van der Waals surface area contributed by atoms with Gasteiger partial charge in [0, 0.05) is 19.8 Å². The summed E-state index contributed by atoms with van der Waals surface area (Å²) >= 11 is 0. The third-order valence-electron chi connectivity index (χ3n) is 2.53. The third-order valence-corrected chi connectivity index (χ3v) is 2.53. The van der Waals surface area contributed by atoms with E-state index in [1.807, 2.05) is 0 Å². The van der Waals surface area contributed by atoms with Crippen LogP contribution in [0.5, 0.6) is 0 Å². The van der Waals surface area contributed by atoms with Crippen LogP contribution in [0, 0.1) is 11.3 Å². The number of nitrogens with zero attached hydrogens (tertiary/aromatic N) is 1. The van der Waals surface area contributed by atoms with Gasteiger partial charge in [0.1, 0.15) is 0 Å². The van der Waals surface area contributed by atoms with Crippen molar-refractivity contribution in [2.75, 3.05) is 26.8 Å². The summed E-state index contributed by atoms with van der Waals surface area (Å²) < 4.78 is 0. The molecule has 1 fully saturated rings. The molecule has 2 heteroatoms. The fourth-order valence-electron chi connectivity index (χ4n) is 1.52. The van der Waals surface area contributed by atoms with E-state index in [-0.39, 0.29) is 0 Å². The van der Waals surface area contributed by atoms with Gasteiger partial charge < -0.3 is 5.32 Å². The summed E-state index contributed by atoms with van der Waals surface area (Å²) in [6.07, 6.45) is 0. The van der Waals surface area contributed by atoms with Crippen LogP contribution in [-0.2, 0) is 0 Å². The van der Waals surface area contributed by atoms with Gasteiger partial charge in [0.15, 0.2) is 0 Å². The van der Waals surface area contributed by atoms with Gasteiger partial charge in [0.05, 0.1) is 0 Å². The lowest BCUT2D eigenvalue weighted by atomic mass is 9.80. The van der Waals surface area contributed by atoms with Crippen LogP contribution >= 0.6 is 0 Å². The van der Waals surface area contributed by atoms with E-state index in [1.165, 1.54) is 13.1 Å². The molecule has 1 N–H and O–H groups in total. The SMILES string of the molecule is CN1CNCC(C(C)(C)C)C1. The number of hydrogen-bond donors (Lipinski definition) is 1. The molecule has 0 aliphatic carbocycles. The Hall–Kier alpha value is -0.0800. The second-order valence-corrected chi connectivity index (χ2v) is 4.71. The minimum absolute atomic E-state index is 0.446. The molecule has 0 radical (unpaired) electrons. The van der Waals surface area contributed by atoms with Gasteiger partial charge in [-0.05, 0) is 18.4 Å². The van der Waals surface area contributed by atoms with Gasteiger partial charge in [-0.1, -0.05) is 20.8 Å². The summed E-state index contributed by atoms with van der Waals surface area (Å²) in [7, 11) is 2.17. The first-order valence-corrected chi connectivity index (χ1v) is 4.39. The molecular formula is C9H20N2. The van der Waals surface area contributed by atoms with Crippen LogP contribution in [0.2, 0.25) is 0 Å². The average molecular weight is 156 g/mol. The lowest BCUT2D eigenvalue weighted by Crippen LogP contribution is -2.49. The second-order valence-electron chi connectivity index (χ2n) is 4.71. The highest BCUT2D eigenvalue weighted by Gasteiger charge is 2.27. The molecule has 0 spiro atoms. The molecule has 66 valence electrons. The van der Waals surface area contributed by atoms with Gasteiger partial charge in [0.2, 0.25) is 0 Å². The molecule has 0 saturated carbocycles. The minimum Gasteiger partial charge on any atom is -0.304 e. The van der Waals surface area contributed by atoms with Gasteiger partial charge in [0.25, 0.3) is 0 Å². The largest absolute Gasteiger partial charge is 0.304 e. The number of nitrogens with one attached hydrogen (secondary N) is 1. The molecule has 0 amide bonds. The Bertz CT molecular complexity index is 126. The molecule has 0 bridgehead atoms. The van der Waals surface area contributed by atoms with Gasteiger partial charge in [-0.3, -0.25) is 4.90 Å². The molecule has 1 saturated heterocycles. The zero-order valence-electron chi connectivity index (χ0n) is 8.15. The van der Waals surface area contributed by atoms with Gasteiger partial charge in [-0.2, -0.15) is 0 Å². The lowest BCUT2D eigenvalue weighted by Gasteiger charge is -2.38. The fourth-order valence-corrected chi connectivity index (χ4v) is 1.52. The van der Waals surface area contributed by atoms with Gasteiger partial charge >= 0.3 is 0 Å². The van der Waals surface area contributed by atoms with Crippen molar-refractivity contribution in [3.05, 3.63) is 0 Å². The van der Waals surface area contributed by atoms with E-state index in [4.69, 9.17) is 0 Å². The average Bonchev–Trinajstić information content (AvgIpc) is 1.86. The molecule has 1 atom stereocenters. The summed E-state index contributed by atoms with van der Waals surface area (Å²) in [5.74, 6) is 0.793. The predicted octanol–water partition coefficient (Wildman–Crippen LogP) is 1.14. The molecule has 2 nitrogen and oxygen atoms in total. The maximum atomic E-state index is 3.42. The van der Waals surface area contributed by atoms with Gasteiger partial charge in [-0.15, -0.1) is 0 Å². The molecule has 1 rings (SSSR count). The molecule has 0 aromatic carbocycles. The third kappa shape index (κ3) is 2.46. The fraction of sp³-hybridized carbons (Fsp3) is 1.00. The Morgan fingerprint density at radius 3 is 2.36 bits per heavy atom. The number of hydrogen-bond acceptors (Lipinski definition) is 2. The zero-order valence-corrected chi connectivity index (χ0v) is 8.15. The van der Waals surface area contributed by atoms with E-state index in [2.05, 4.69) is 38.0 Å². The van der Waals surface area contributed by atoms with Crippen molar-refractivity contribution in [1.29, 1.82) is 0 Å². The van der Waals surface area contributed by atoms with E-state index < -0.39 is 0 Å². The summed E-state index contributed by atoms with van der Waals surface area (Å²) in [6, 6.07) is 0. The molecule has 11 heavy (non-hydrogen) atoms. The Morgan fingerprint density at radius 1 is 1.36 bits per heavy atom. The van der Waals surface area contributed by atoms with Crippen LogP contribution in [0.25, 0.3) is 0 Å². The standard InChI is InChI=1S/C9H20N2/c1-9(2,3)8-5-10-7-11(4)6-8/h8,10H,5-7H2,1-4H3. The molecule has 1 aliphatic rings. The summed E-state index contributed by atoms with van der Waals surface area (Å²) in [6.45, 7) is 10.4. The van der Waals surface area contributed by atoms with Crippen molar-refractivity contribution in [3.8, 4) is 0 Å². The Kier molecular flexibility index (Phi) is 2.55. The molecule has 1 aliphatic heterocycles. The first-order valence-electron chi connectivity index (χ1n) is 4.39. The van der Waals surface area contributed by atoms with E-state index >= 15 is 0 Å². The molecular weight excluding hydrogens is 136 g/mol. The van der Waals surface area contributed by atoms with Crippen LogP contribution in [-0.4, -0.2) is 31.7 Å². The Morgan fingerprint density at radius 2 is 2.00 bits per heavy atom. The van der Waals surface area contributed by atoms with Gasteiger partial charge in [-0.25, -0.2) is 0 Å². The lowest BCUT2D eigenvalue weighted by molar-refractivity contribution is 0.117. The van der Waals surface area contributed by atoms with E-state index in [0.29, 0.717) is 5.41 Å². The predicted molar refractivity (Wildman–Crippen MR) is 48.4 cm³/mol. The first kappa shape index (κ1) is 9.01. The quantitative estimate of drug-likeness (QED) is 0.566. The highest BCUT2D eigenvalue weighted by Crippen LogP contribution is 2.26. The zero-order chi connectivity index (χ0) is 8.48. The summed E-state index contributed by atoms with van der Waals surface area (Å²) in [4.78, 5) is 2.35. The van der Waals surface area contributed by atoms with Crippen LogP contribution in [0.15, 0.2) is 0 Å². The topological polar surface area (TPSA) is 15.3 Å². The highest BCUT2D eigenvalue weighted by atomic mass is 15.2.